The van der Waals surface area contributed by atoms with Gasteiger partial charge in [0, 0.05) is 50.4 Å². The number of benzene rings is 1. The fourth-order valence-corrected chi connectivity index (χ4v) is 2.56. The Bertz CT molecular complexity index is 524. The van der Waals surface area contributed by atoms with Crippen LogP contribution in [0, 0.1) is 0 Å². The average Bonchev–Trinajstić information content (AvgIpc) is 2.57. The molecule has 134 valence electrons. The van der Waals surface area contributed by atoms with Gasteiger partial charge in [0.1, 0.15) is 0 Å². The van der Waals surface area contributed by atoms with Crippen LogP contribution in [0.25, 0.3) is 0 Å². The first kappa shape index (κ1) is 20.0. The molecule has 0 aliphatic heterocycles. The summed E-state index contributed by atoms with van der Waals surface area (Å²) in [5, 5.41) is 2.93. The van der Waals surface area contributed by atoms with Gasteiger partial charge < -0.3 is 15.1 Å². The fourth-order valence-electron chi connectivity index (χ4n) is 2.56. The maximum Gasteiger partial charge on any atom is 0.223 e. The summed E-state index contributed by atoms with van der Waals surface area (Å²) in [6.45, 7) is 12.1. The molecule has 1 aromatic carbocycles. The lowest BCUT2D eigenvalue weighted by Crippen LogP contribution is -2.36. The number of anilines is 2. The number of nitrogens with one attached hydrogen (secondary N) is 1. The first-order chi connectivity index (χ1) is 11.4. The summed E-state index contributed by atoms with van der Waals surface area (Å²) in [6, 6.07) is 8.11. The van der Waals surface area contributed by atoms with Gasteiger partial charge in [-0.3, -0.25) is 9.59 Å². The molecule has 0 aromatic heterocycles. The van der Waals surface area contributed by atoms with Crippen molar-refractivity contribution in [2.75, 3.05) is 29.4 Å². The van der Waals surface area contributed by atoms with Crippen LogP contribution in [0.5, 0.6) is 0 Å². The van der Waals surface area contributed by atoms with Gasteiger partial charge in [0.2, 0.25) is 11.8 Å². The largest absolute Gasteiger partial charge is 0.372 e. The zero-order valence-corrected chi connectivity index (χ0v) is 15.6. The van der Waals surface area contributed by atoms with Crippen molar-refractivity contribution in [3.05, 3.63) is 24.3 Å². The molecule has 0 aliphatic carbocycles. The molecule has 0 bridgehead atoms. The fraction of sp³-hybridized carbons (Fsp3) is 0.579. The first-order valence-corrected chi connectivity index (χ1v) is 8.85. The molecule has 0 aliphatic rings. The number of hydrogen-bond donors (Lipinski definition) is 1. The van der Waals surface area contributed by atoms with E-state index in [4.69, 9.17) is 0 Å². The lowest BCUT2D eigenvalue weighted by molar-refractivity contribution is -0.121. The van der Waals surface area contributed by atoms with Crippen LogP contribution < -0.4 is 15.1 Å². The molecule has 24 heavy (non-hydrogen) atoms. The van der Waals surface area contributed by atoms with E-state index in [0.717, 1.165) is 30.9 Å². The smallest absolute Gasteiger partial charge is 0.223 e. The molecule has 5 heteroatoms. The Morgan fingerprint density at radius 3 is 2.04 bits per heavy atom. The van der Waals surface area contributed by atoms with E-state index in [2.05, 4.69) is 24.1 Å². The van der Waals surface area contributed by atoms with E-state index in [1.54, 1.807) is 4.90 Å². The number of hydrogen-bond acceptors (Lipinski definition) is 3. The van der Waals surface area contributed by atoms with Crippen molar-refractivity contribution in [2.24, 2.45) is 0 Å². The van der Waals surface area contributed by atoms with Crippen LogP contribution >= 0.6 is 0 Å². The number of carbonyl (C=O) groups is 2. The van der Waals surface area contributed by atoms with Crippen molar-refractivity contribution in [1.29, 1.82) is 0 Å². The molecule has 1 N–H and O–H groups in total. The van der Waals surface area contributed by atoms with Gasteiger partial charge in [0.15, 0.2) is 0 Å². The maximum absolute atomic E-state index is 12.0. The summed E-state index contributed by atoms with van der Waals surface area (Å²) >= 11 is 0. The highest BCUT2D eigenvalue weighted by Crippen LogP contribution is 2.21. The van der Waals surface area contributed by atoms with Crippen LogP contribution in [0.2, 0.25) is 0 Å². The Morgan fingerprint density at radius 1 is 1.04 bits per heavy atom. The van der Waals surface area contributed by atoms with Gasteiger partial charge in [0.05, 0.1) is 0 Å². The molecule has 0 spiro atoms. The molecule has 1 rings (SSSR count). The number of rotatable bonds is 9. The van der Waals surface area contributed by atoms with E-state index in [9.17, 15) is 9.59 Å². The quantitative estimate of drug-likeness (QED) is 0.755. The van der Waals surface area contributed by atoms with Gasteiger partial charge in [-0.25, -0.2) is 0 Å². The monoisotopic (exact) mass is 333 g/mol. The van der Waals surface area contributed by atoms with Crippen LogP contribution in [-0.4, -0.2) is 37.5 Å². The second-order valence-corrected chi connectivity index (χ2v) is 5.99. The molecule has 0 saturated carbocycles. The van der Waals surface area contributed by atoms with Crippen molar-refractivity contribution in [3.63, 3.8) is 0 Å². The third-order valence-electron chi connectivity index (χ3n) is 4.25. The molecule has 0 fully saturated rings. The topological polar surface area (TPSA) is 52.7 Å². The standard InChI is InChI=1S/C19H31N3O2/c1-6-15(4)20-19(24)13-14-22(16(5)23)18-11-9-17(10-12-18)21(7-2)8-3/h9-12,15H,6-8,13-14H2,1-5H3,(H,20,24). The number of carbonyl (C=O) groups excluding carboxylic acids is 2. The molecular formula is C19H31N3O2. The minimum absolute atomic E-state index is 0.0182. The average molecular weight is 333 g/mol. The molecule has 5 nitrogen and oxygen atoms in total. The zero-order valence-electron chi connectivity index (χ0n) is 15.6. The SMILES string of the molecule is CCC(C)NC(=O)CCN(C(C)=O)c1ccc(N(CC)CC)cc1. The molecule has 1 unspecified atom stereocenters. The highest BCUT2D eigenvalue weighted by Gasteiger charge is 2.14. The molecule has 1 aromatic rings. The lowest BCUT2D eigenvalue weighted by Gasteiger charge is -2.24. The molecule has 0 radical (unpaired) electrons. The Labute approximate surface area is 146 Å². The van der Waals surface area contributed by atoms with E-state index in [1.807, 2.05) is 38.1 Å². The molecule has 1 atom stereocenters. The van der Waals surface area contributed by atoms with Crippen LogP contribution in [0.3, 0.4) is 0 Å². The highest BCUT2D eigenvalue weighted by molar-refractivity contribution is 5.92. The summed E-state index contributed by atoms with van der Waals surface area (Å²) in [6.07, 6.45) is 1.21. The van der Waals surface area contributed by atoms with E-state index in [1.165, 1.54) is 6.92 Å². The van der Waals surface area contributed by atoms with Crippen molar-refractivity contribution >= 4 is 23.2 Å². The van der Waals surface area contributed by atoms with Crippen LogP contribution in [0.15, 0.2) is 24.3 Å². The molecule has 2 amide bonds. The second-order valence-electron chi connectivity index (χ2n) is 5.99. The summed E-state index contributed by atoms with van der Waals surface area (Å²) < 4.78 is 0. The Hall–Kier alpha value is -2.04. The molecule has 0 saturated heterocycles. The van der Waals surface area contributed by atoms with Gasteiger partial charge >= 0.3 is 0 Å². The predicted molar refractivity (Wildman–Crippen MR) is 101 cm³/mol. The van der Waals surface area contributed by atoms with Crippen LogP contribution in [-0.2, 0) is 9.59 Å². The Morgan fingerprint density at radius 2 is 1.58 bits per heavy atom. The zero-order chi connectivity index (χ0) is 18.1. The van der Waals surface area contributed by atoms with E-state index < -0.39 is 0 Å². The summed E-state index contributed by atoms with van der Waals surface area (Å²) in [5.74, 6) is -0.0720. The summed E-state index contributed by atoms with van der Waals surface area (Å²) in [5.41, 5.74) is 1.97. The van der Waals surface area contributed by atoms with E-state index in [0.29, 0.717) is 13.0 Å². The van der Waals surface area contributed by atoms with E-state index >= 15 is 0 Å². The van der Waals surface area contributed by atoms with Gasteiger partial charge in [-0.15, -0.1) is 0 Å². The summed E-state index contributed by atoms with van der Waals surface area (Å²) in [4.78, 5) is 27.8. The van der Waals surface area contributed by atoms with Crippen molar-refractivity contribution in [3.8, 4) is 0 Å². The molecular weight excluding hydrogens is 302 g/mol. The normalized spacial score (nSPS) is 11.7. The first-order valence-electron chi connectivity index (χ1n) is 8.85. The Balaban J connectivity index is 2.75. The maximum atomic E-state index is 12.0. The van der Waals surface area contributed by atoms with Gasteiger partial charge in [-0.2, -0.15) is 0 Å². The predicted octanol–water partition coefficient (Wildman–Crippen LogP) is 3.19. The van der Waals surface area contributed by atoms with Gasteiger partial charge in [-0.05, 0) is 51.5 Å². The van der Waals surface area contributed by atoms with E-state index in [-0.39, 0.29) is 17.9 Å². The van der Waals surface area contributed by atoms with Crippen LogP contribution in [0.4, 0.5) is 11.4 Å². The second kappa shape index (κ2) is 9.96. The Kier molecular flexibility index (Phi) is 8.30. The van der Waals surface area contributed by atoms with Gasteiger partial charge in [-0.1, -0.05) is 6.92 Å². The minimum Gasteiger partial charge on any atom is -0.372 e. The van der Waals surface area contributed by atoms with Crippen molar-refractivity contribution < 1.29 is 9.59 Å². The summed E-state index contributed by atoms with van der Waals surface area (Å²) in [7, 11) is 0. The number of nitrogens with zero attached hydrogens (tertiary/aromatic N) is 2. The third-order valence-corrected chi connectivity index (χ3v) is 4.25. The van der Waals surface area contributed by atoms with Crippen molar-refractivity contribution in [1.82, 2.24) is 5.32 Å². The van der Waals surface area contributed by atoms with Crippen molar-refractivity contribution in [2.45, 2.75) is 53.5 Å². The van der Waals surface area contributed by atoms with Gasteiger partial charge in [0.25, 0.3) is 0 Å². The third kappa shape index (κ3) is 5.87. The minimum atomic E-state index is -0.0538. The van der Waals surface area contributed by atoms with Crippen LogP contribution in [0.1, 0.15) is 47.5 Å². The lowest BCUT2D eigenvalue weighted by atomic mass is 10.2. The molecule has 0 heterocycles. The highest BCUT2D eigenvalue weighted by atomic mass is 16.2. The number of amides is 2.